The summed E-state index contributed by atoms with van der Waals surface area (Å²) in [5.74, 6) is -1.60. The van der Waals surface area contributed by atoms with Gasteiger partial charge in [0.15, 0.2) is 0 Å². The summed E-state index contributed by atoms with van der Waals surface area (Å²) in [6, 6.07) is 2.29. The molecule has 0 N–H and O–H groups in total. The fraction of sp³-hybridized carbons (Fsp3) is 0.385. The van der Waals surface area contributed by atoms with Crippen LogP contribution in [0.2, 0.25) is 5.02 Å². The average molecular weight is 347 g/mol. The first kappa shape index (κ1) is 13.1. The van der Waals surface area contributed by atoms with Crippen LogP contribution in [0.5, 0.6) is 0 Å². The Labute approximate surface area is 122 Å². The molecule has 1 aromatic carbocycles. The van der Waals surface area contributed by atoms with Gasteiger partial charge >= 0.3 is 0 Å². The van der Waals surface area contributed by atoms with Crippen molar-refractivity contribution < 1.29 is 14.0 Å². The van der Waals surface area contributed by atoms with Crippen molar-refractivity contribution in [1.82, 2.24) is 0 Å². The Hall–Kier alpha value is -0.940. The highest BCUT2D eigenvalue weighted by atomic mass is 79.9. The zero-order valence-corrected chi connectivity index (χ0v) is 12.5. The fourth-order valence-electron chi connectivity index (χ4n) is 2.91. The van der Waals surface area contributed by atoms with E-state index < -0.39 is 5.82 Å². The second-order valence-corrected chi connectivity index (χ2v) is 6.77. The quantitative estimate of drug-likeness (QED) is 0.731. The van der Waals surface area contributed by atoms with Crippen molar-refractivity contribution in [1.29, 1.82) is 0 Å². The number of imide groups is 1. The Morgan fingerprint density at radius 2 is 1.79 bits per heavy atom. The van der Waals surface area contributed by atoms with Crippen LogP contribution in [-0.2, 0) is 9.59 Å². The summed E-state index contributed by atoms with van der Waals surface area (Å²) in [6.45, 7) is 3.80. The van der Waals surface area contributed by atoms with E-state index in [4.69, 9.17) is 11.6 Å². The smallest absolute Gasteiger partial charge is 0.238 e. The molecule has 0 aromatic heterocycles. The third kappa shape index (κ3) is 1.61. The van der Waals surface area contributed by atoms with Crippen LogP contribution in [0.1, 0.15) is 13.8 Å². The van der Waals surface area contributed by atoms with E-state index in [1.54, 1.807) is 0 Å². The molecule has 0 radical (unpaired) electrons. The number of carbonyl (C=O) groups is 2. The topological polar surface area (TPSA) is 37.4 Å². The first-order chi connectivity index (χ1) is 8.76. The van der Waals surface area contributed by atoms with Crippen LogP contribution in [0.4, 0.5) is 10.1 Å². The Bertz CT molecular complexity index is 584. The van der Waals surface area contributed by atoms with Crippen molar-refractivity contribution >= 4 is 45.0 Å². The fourth-order valence-corrected chi connectivity index (χ4v) is 3.93. The third-order valence-electron chi connectivity index (χ3n) is 4.01. The number of anilines is 1. The van der Waals surface area contributed by atoms with Gasteiger partial charge in [-0.3, -0.25) is 9.59 Å². The number of fused-ring (bicyclic) bond motifs is 1. The van der Waals surface area contributed by atoms with E-state index in [-0.39, 0.29) is 39.8 Å². The van der Waals surface area contributed by atoms with Gasteiger partial charge in [-0.15, -0.1) is 0 Å². The van der Waals surface area contributed by atoms with Gasteiger partial charge in [0.05, 0.1) is 22.5 Å². The maximum Gasteiger partial charge on any atom is 0.238 e. The minimum atomic E-state index is -0.523. The molecule has 1 saturated heterocycles. The van der Waals surface area contributed by atoms with Crippen LogP contribution < -0.4 is 4.90 Å². The van der Waals surface area contributed by atoms with Crippen molar-refractivity contribution in [2.24, 2.45) is 17.3 Å². The van der Waals surface area contributed by atoms with Crippen LogP contribution in [0.3, 0.4) is 0 Å². The number of benzene rings is 1. The van der Waals surface area contributed by atoms with E-state index in [2.05, 4.69) is 15.9 Å². The lowest BCUT2D eigenvalue weighted by atomic mass is 10.1. The molecule has 1 heterocycles. The molecule has 100 valence electrons. The molecule has 2 unspecified atom stereocenters. The molecular weight excluding hydrogens is 337 g/mol. The lowest BCUT2D eigenvalue weighted by Gasteiger charge is -2.22. The van der Waals surface area contributed by atoms with Crippen molar-refractivity contribution in [2.75, 3.05) is 4.90 Å². The molecule has 1 aliphatic heterocycles. The van der Waals surface area contributed by atoms with Gasteiger partial charge in [0.2, 0.25) is 11.8 Å². The summed E-state index contributed by atoms with van der Waals surface area (Å²) >= 11 is 9.12. The van der Waals surface area contributed by atoms with Gasteiger partial charge in [-0.1, -0.05) is 25.4 Å². The standard InChI is InChI=1S/C13H10BrClFNO2/c1-13(2)8-9(13)12(19)17(11(8)18)10-6(14)3-5(16)4-7(10)15/h3-4,8-9H,1-2H3. The summed E-state index contributed by atoms with van der Waals surface area (Å²) in [4.78, 5) is 25.7. The third-order valence-corrected chi connectivity index (χ3v) is 4.90. The Balaban J connectivity index is 2.07. The monoisotopic (exact) mass is 345 g/mol. The maximum absolute atomic E-state index is 13.2. The van der Waals surface area contributed by atoms with Crippen LogP contribution in [-0.4, -0.2) is 11.8 Å². The Morgan fingerprint density at radius 1 is 1.26 bits per heavy atom. The molecule has 2 atom stereocenters. The van der Waals surface area contributed by atoms with Gasteiger partial charge in [-0.2, -0.15) is 0 Å². The Morgan fingerprint density at radius 3 is 2.26 bits per heavy atom. The first-order valence-electron chi connectivity index (χ1n) is 5.79. The van der Waals surface area contributed by atoms with Crippen LogP contribution in [0.15, 0.2) is 16.6 Å². The number of nitrogens with zero attached hydrogens (tertiary/aromatic N) is 1. The summed E-state index contributed by atoms with van der Waals surface area (Å²) < 4.78 is 13.5. The maximum atomic E-state index is 13.2. The first-order valence-corrected chi connectivity index (χ1v) is 6.96. The molecule has 2 aliphatic rings. The highest BCUT2D eigenvalue weighted by molar-refractivity contribution is 9.10. The van der Waals surface area contributed by atoms with E-state index in [0.29, 0.717) is 4.47 Å². The normalized spacial score (nSPS) is 27.7. The molecule has 3 nitrogen and oxygen atoms in total. The van der Waals surface area contributed by atoms with Gasteiger partial charge in [0.25, 0.3) is 0 Å². The van der Waals surface area contributed by atoms with Gasteiger partial charge in [0, 0.05) is 4.47 Å². The molecule has 19 heavy (non-hydrogen) atoms. The average Bonchev–Trinajstić information content (AvgIpc) is 2.73. The van der Waals surface area contributed by atoms with Crippen LogP contribution in [0.25, 0.3) is 0 Å². The second-order valence-electron chi connectivity index (χ2n) is 5.51. The van der Waals surface area contributed by atoms with E-state index in [9.17, 15) is 14.0 Å². The van der Waals surface area contributed by atoms with Crippen molar-refractivity contribution in [3.05, 3.63) is 27.4 Å². The number of rotatable bonds is 1. The molecular formula is C13H10BrClFNO2. The van der Waals surface area contributed by atoms with Gasteiger partial charge < -0.3 is 0 Å². The molecule has 1 aromatic rings. The summed E-state index contributed by atoms with van der Waals surface area (Å²) in [6.07, 6.45) is 0. The number of hydrogen-bond acceptors (Lipinski definition) is 2. The van der Waals surface area contributed by atoms with E-state index >= 15 is 0 Å². The van der Waals surface area contributed by atoms with E-state index in [0.717, 1.165) is 11.0 Å². The van der Waals surface area contributed by atoms with Gasteiger partial charge in [-0.05, 0) is 33.5 Å². The highest BCUT2D eigenvalue weighted by Crippen LogP contribution is 2.64. The summed E-state index contributed by atoms with van der Waals surface area (Å²) in [7, 11) is 0. The molecule has 3 rings (SSSR count). The lowest BCUT2D eigenvalue weighted by molar-refractivity contribution is -0.125. The molecule has 0 spiro atoms. The second kappa shape index (κ2) is 3.79. The number of halogens is 3. The van der Waals surface area contributed by atoms with Crippen LogP contribution >= 0.6 is 27.5 Å². The minimum absolute atomic E-state index is 0.0488. The SMILES string of the molecule is CC1(C)C2C(=O)N(c3c(Cl)cc(F)cc3Br)C(=O)C21. The minimum Gasteiger partial charge on any atom is -0.274 e. The predicted octanol–water partition coefficient (Wildman–Crippen LogP) is 3.39. The van der Waals surface area contributed by atoms with Crippen molar-refractivity contribution in [3.8, 4) is 0 Å². The number of carbonyl (C=O) groups excluding carboxylic acids is 2. The van der Waals surface area contributed by atoms with Crippen LogP contribution in [0, 0.1) is 23.1 Å². The summed E-state index contributed by atoms with van der Waals surface area (Å²) in [5, 5.41) is 0.0488. The largest absolute Gasteiger partial charge is 0.274 e. The van der Waals surface area contributed by atoms with Crippen molar-refractivity contribution in [3.63, 3.8) is 0 Å². The number of hydrogen-bond donors (Lipinski definition) is 0. The number of piperidine rings is 1. The lowest BCUT2D eigenvalue weighted by Crippen LogP contribution is -2.36. The zero-order valence-electron chi connectivity index (χ0n) is 10.2. The molecule has 0 bridgehead atoms. The number of amides is 2. The zero-order chi connectivity index (χ0) is 14.1. The van der Waals surface area contributed by atoms with E-state index in [1.165, 1.54) is 6.07 Å². The molecule has 1 saturated carbocycles. The molecule has 2 amide bonds. The molecule has 6 heteroatoms. The predicted molar refractivity (Wildman–Crippen MR) is 72.4 cm³/mol. The van der Waals surface area contributed by atoms with Gasteiger partial charge in [-0.25, -0.2) is 9.29 Å². The van der Waals surface area contributed by atoms with E-state index in [1.807, 2.05) is 13.8 Å². The van der Waals surface area contributed by atoms with Crippen molar-refractivity contribution in [2.45, 2.75) is 13.8 Å². The summed E-state index contributed by atoms with van der Waals surface area (Å²) in [5.41, 5.74) is -0.0371. The van der Waals surface area contributed by atoms with Gasteiger partial charge in [0.1, 0.15) is 5.82 Å². The Kier molecular flexibility index (Phi) is 2.61. The highest BCUT2D eigenvalue weighted by Gasteiger charge is 2.72. The molecule has 1 aliphatic carbocycles. The molecule has 2 fully saturated rings.